The molecule has 0 aliphatic carbocycles. The van der Waals surface area contributed by atoms with Gasteiger partial charge in [0.25, 0.3) is 0 Å². The molecule has 94 valence electrons. The van der Waals surface area contributed by atoms with Crippen LogP contribution in [0.2, 0.25) is 0 Å². The van der Waals surface area contributed by atoms with Crippen LogP contribution in [0.4, 0.5) is 14.6 Å². The number of aromatic nitrogens is 1. The lowest BCUT2D eigenvalue weighted by molar-refractivity contribution is 0.302. The SMILES string of the molecule is CNc1cc(COc2cc(F)cc(F)c2)ccn1. The molecule has 1 N–H and O–H groups in total. The lowest BCUT2D eigenvalue weighted by Crippen LogP contribution is -1.99. The number of nitrogens with zero attached hydrogens (tertiary/aromatic N) is 1. The number of nitrogens with one attached hydrogen (secondary N) is 1. The van der Waals surface area contributed by atoms with E-state index >= 15 is 0 Å². The highest BCUT2D eigenvalue weighted by atomic mass is 19.1. The molecule has 0 saturated heterocycles. The van der Waals surface area contributed by atoms with Crippen LogP contribution in [-0.4, -0.2) is 12.0 Å². The molecular formula is C13H12F2N2O. The first-order valence-electron chi connectivity index (χ1n) is 5.39. The highest BCUT2D eigenvalue weighted by Gasteiger charge is 2.02. The molecular weight excluding hydrogens is 238 g/mol. The third-order valence-electron chi connectivity index (χ3n) is 2.32. The molecule has 0 atom stereocenters. The Morgan fingerprint density at radius 2 is 1.89 bits per heavy atom. The van der Waals surface area contributed by atoms with Crippen molar-refractivity contribution in [2.45, 2.75) is 6.61 Å². The van der Waals surface area contributed by atoms with Crippen LogP contribution in [0.1, 0.15) is 5.56 Å². The Hall–Kier alpha value is -2.17. The van der Waals surface area contributed by atoms with Gasteiger partial charge in [0.1, 0.15) is 29.8 Å². The third-order valence-corrected chi connectivity index (χ3v) is 2.32. The minimum absolute atomic E-state index is 0.162. The summed E-state index contributed by atoms with van der Waals surface area (Å²) < 4.78 is 31.2. The highest BCUT2D eigenvalue weighted by molar-refractivity contribution is 5.36. The van der Waals surface area contributed by atoms with Gasteiger partial charge in [-0.2, -0.15) is 0 Å². The van der Waals surface area contributed by atoms with Gasteiger partial charge in [-0.25, -0.2) is 13.8 Å². The van der Waals surface area contributed by atoms with Crippen molar-refractivity contribution < 1.29 is 13.5 Å². The van der Waals surface area contributed by atoms with Gasteiger partial charge in [-0.05, 0) is 17.7 Å². The molecule has 5 heteroatoms. The van der Waals surface area contributed by atoms with E-state index in [0.717, 1.165) is 23.8 Å². The van der Waals surface area contributed by atoms with E-state index in [-0.39, 0.29) is 12.4 Å². The molecule has 0 aliphatic heterocycles. The second-order valence-corrected chi connectivity index (χ2v) is 3.69. The maximum Gasteiger partial charge on any atom is 0.129 e. The van der Waals surface area contributed by atoms with E-state index in [1.54, 1.807) is 25.4 Å². The summed E-state index contributed by atoms with van der Waals surface area (Å²) in [6.45, 7) is 0.222. The van der Waals surface area contributed by atoms with Crippen molar-refractivity contribution in [2.75, 3.05) is 12.4 Å². The van der Waals surface area contributed by atoms with Crippen LogP contribution in [0.5, 0.6) is 5.75 Å². The average molecular weight is 250 g/mol. The molecule has 0 aliphatic rings. The molecule has 2 aromatic rings. The number of rotatable bonds is 4. The molecule has 1 aromatic carbocycles. The van der Waals surface area contributed by atoms with Gasteiger partial charge < -0.3 is 10.1 Å². The molecule has 0 saturated carbocycles. The van der Waals surface area contributed by atoms with Crippen LogP contribution < -0.4 is 10.1 Å². The van der Waals surface area contributed by atoms with Crippen LogP contribution in [0.3, 0.4) is 0 Å². The van der Waals surface area contributed by atoms with Crippen LogP contribution >= 0.6 is 0 Å². The second kappa shape index (κ2) is 5.44. The molecule has 0 radical (unpaired) electrons. The zero-order valence-electron chi connectivity index (χ0n) is 9.78. The van der Waals surface area contributed by atoms with Crippen LogP contribution in [0, 0.1) is 11.6 Å². The predicted octanol–water partition coefficient (Wildman–Crippen LogP) is 2.98. The molecule has 3 nitrogen and oxygen atoms in total. The van der Waals surface area contributed by atoms with E-state index in [4.69, 9.17) is 4.74 Å². The molecule has 0 unspecified atom stereocenters. The van der Waals surface area contributed by atoms with E-state index in [1.165, 1.54) is 0 Å². The summed E-state index contributed by atoms with van der Waals surface area (Å²) in [6, 6.07) is 6.66. The zero-order valence-corrected chi connectivity index (χ0v) is 9.78. The maximum absolute atomic E-state index is 12.9. The van der Waals surface area contributed by atoms with Crippen molar-refractivity contribution in [1.82, 2.24) is 4.98 Å². The average Bonchev–Trinajstić information content (AvgIpc) is 2.35. The molecule has 18 heavy (non-hydrogen) atoms. The van der Waals surface area contributed by atoms with Gasteiger partial charge >= 0.3 is 0 Å². The zero-order chi connectivity index (χ0) is 13.0. The van der Waals surface area contributed by atoms with Gasteiger partial charge in [-0.15, -0.1) is 0 Å². The Morgan fingerprint density at radius 3 is 2.56 bits per heavy atom. The van der Waals surface area contributed by atoms with Gasteiger partial charge in [-0.3, -0.25) is 0 Å². The summed E-state index contributed by atoms with van der Waals surface area (Å²) in [4.78, 5) is 4.05. The smallest absolute Gasteiger partial charge is 0.129 e. The van der Waals surface area contributed by atoms with Gasteiger partial charge in [-0.1, -0.05) is 0 Å². The standard InChI is InChI=1S/C13H12F2N2O/c1-16-13-4-9(2-3-17-13)8-18-12-6-10(14)5-11(15)7-12/h2-7H,8H2,1H3,(H,16,17). The van der Waals surface area contributed by atoms with Crippen molar-refractivity contribution in [3.8, 4) is 5.75 Å². The van der Waals surface area contributed by atoms with E-state index in [9.17, 15) is 8.78 Å². The van der Waals surface area contributed by atoms with Crippen molar-refractivity contribution in [3.63, 3.8) is 0 Å². The minimum Gasteiger partial charge on any atom is -0.489 e. The topological polar surface area (TPSA) is 34.1 Å². The lowest BCUT2D eigenvalue weighted by Gasteiger charge is -2.07. The maximum atomic E-state index is 12.9. The molecule has 1 aromatic heterocycles. The minimum atomic E-state index is -0.657. The number of pyridine rings is 1. The molecule has 0 spiro atoms. The fourth-order valence-corrected chi connectivity index (χ4v) is 1.48. The van der Waals surface area contributed by atoms with Crippen molar-refractivity contribution >= 4 is 5.82 Å². The summed E-state index contributed by atoms with van der Waals surface area (Å²) in [5.74, 6) is -0.442. The molecule has 0 bridgehead atoms. The summed E-state index contributed by atoms with van der Waals surface area (Å²) in [5.41, 5.74) is 0.860. The summed E-state index contributed by atoms with van der Waals surface area (Å²) in [7, 11) is 1.76. The first kappa shape index (κ1) is 12.3. The third kappa shape index (κ3) is 3.16. The summed E-state index contributed by atoms with van der Waals surface area (Å²) >= 11 is 0. The summed E-state index contributed by atoms with van der Waals surface area (Å²) in [6.07, 6.45) is 1.64. The molecule has 2 rings (SSSR count). The number of ether oxygens (including phenoxy) is 1. The number of benzene rings is 1. The largest absolute Gasteiger partial charge is 0.489 e. The van der Waals surface area contributed by atoms with Gasteiger partial charge in [0.2, 0.25) is 0 Å². The fourth-order valence-electron chi connectivity index (χ4n) is 1.48. The van der Waals surface area contributed by atoms with Gasteiger partial charge in [0, 0.05) is 31.4 Å². The van der Waals surface area contributed by atoms with E-state index in [2.05, 4.69) is 10.3 Å². The number of anilines is 1. The predicted molar refractivity (Wildman–Crippen MR) is 64.5 cm³/mol. The first-order chi connectivity index (χ1) is 8.67. The molecule has 0 amide bonds. The quantitative estimate of drug-likeness (QED) is 0.905. The van der Waals surface area contributed by atoms with Crippen molar-refractivity contribution in [3.05, 3.63) is 53.7 Å². The molecule has 1 heterocycles. The van der Waals surface area contributed by atoms with Crippen molar-refractivity contribution in [2.24, 2.45) is 0 Å². The monoisotopic (exact) mass is 250 g/mol. The highest BCUT2D eigenvalue weighted by Crippen LogP contribution is 2.17. The van der Waals surface area contributed by atoms with Crippen LogP contribution in [0.15, 0.2) is 36.5 Å². The lowest BCUT2D eigenvalue weighted by atomic mass is 10.2. The van der Waals surface area contributed by atoms with Crippen LogP contribution in [0.25, 0.3) is 0 Å². The Balaban J connectivity index is 2.06. The Kier molecular flexibility index (Phi) is 3.72. The first-order valence-corrected chi connectivity index (χ1v) is 5.39. The van der Waals surface area contributed by atoms with E-state index in [0.29, 0.717) is 5.82 Å². The Labute approximate surface area is 103 Å². The summed E-state index contributed by atoms with van der Waals surface area (Å²) in [5, 5.41) is 2.90. The second-order valence-electron chi connectivity index (χ2n) is 3.69. The number of hydrogen-bond donors (Lipinski definition) is 1. The van der Waals surface area contributed by atoms with Crippen LogP contribution in [-0.2, 0) is 6.61 Å². The van der Waals surface area contributed by atoms with Gasteiger partial charge in [0.05, 0.1) is 0 Å². The normalized spacial score (nSPS) is 10.2. The number of hydrogen-bond acceptors (Lipinski definition) is 3. The van der Waals surface area contributed by atoms with Gasteiger partial charge in [0.15, 0.2) is 0 Å². The Bertz CT molecular complexity index is 526. The molecule has 0 fully saturated rings. The number of halogens is 2. The fraction of sp³-hybridized carbons (Fsp3) is 0.154. The van der Waals surface area contributed by atoms with E-state index < -0.39 is 11.6 Å². The Morgan fingerprint density at radius 1 is 1.17 bits per heavy atom. The van der Waals surface area contributed by atoms with E-state index in [1.807, 2.05) is 0 Å². The van der Waals surface area contributed by atoms with Crippen molar-refractivity contribution in [1.29, 1.82) is 0 Å².